The van der Waals surface area contributed by atoms with Gasteiger partial charge in [-0.05, 0) is 18.2 Å². The Morgan fingerprint density at radius 3 is 2.38 bits per heavy atom. The zero-order chi connectivity index (χ0) is 24.2. The number of amides is 2. The summed E-state index contributed by atoms with van der Waals surface area (Å²) in [6.45, 7) is 6.00. The zero-order valence-electron chi connectivity index (χ0n) is 18.8. The summed E-state index contributed by atoms with van der Waals surface area (Å²) < 4.78 is 5.40. The van der Waals surface area contributed by atoms with Gasteiger partial charge < -0.3 is 24.8 Å². The maximum absolute atomic E-state index is 13.4. The van der Waals surface area contributed by atoms with Crippen LogP contribution in [0.1, 0.15) is 17.3 Å². The molecule has 0 aromatic heterocycles. The predicted molar refractivity (Wildman–Crippen MR) is 130 cm³/mol. The van der Waals surface area contributed by atoms with Gasteiger partial charge in [-0.1, -0.05) is 17.7 Å². The molecule has 2 aromatic rings. The number of carbonyl (C=O) groups excluding carboxylic acids is 2. The van der Waals surface area contributed by atoms with Gasteiger partial charge in [0, 0.05) is 58.3 Å². The molecule has 1 N–H and O–H groups in total. The number of carbonyl (C=O) groups is 2. The van der Waals surface area contributed by atoms with Crippen molar-refractivity contribution < 1.29 is 19.2 Å². The first-order chi connectivity index (χ1) is 16.3. The van der Waals surface area contributed by atoms with E-state index in [1.165, 1.54) is 12.1 Å². The first-order valence-electron chi connectivity index (χ1n) is 11.1. The number of morpholine rings is 1. The first-order valence-corrected chi connectivity index (χ1v) is 11.4. The number of anilines is 3. The summed E-state index contributed by atoms with van der Waals surface area (Å²) in [5.74, 6) is -0.440. The molecule has 2 fully saturated rings. The fourth-order valence-corrected chi connectivity index (χ4v) is 4.57. The highest BCUT2D eigenvalue weighted by atomic mass is 35.5. The number of ether oxygens (including phenoxy) is 1. The van der Waals surface area contributed by atoms with Crippen molar-refractivity contribution in [2.75, 3.05) is 67.6 Å². The molecule has 11 heteroatoms. The van der Waals surface area contributed by atoms with Crippen LogP contribution in [0.3, 0.4) is 0 Å². The second-order valence-corrected chi connectivity index (χ2v) is 8.55. The highest BCUT2D eigenvalue weighted by Gasteiger charge is 2.26. The minimum Gasteiger partial charge on any atom is -0.378 e. The fourth-order valence-electron chi connectivity index (χ4n) is 4.27. The van der Waals surface area contributed by atoms with Crippen LogP contribution >= 0.6 is 11.6 Å². The van der Waals surface area contributed by atoms with E-state index in [0.717, 1.165) is 0 Å². The molecule has 0 bridgehead atoms. The van der Waals surface area contributed by atoms with Gasteiger partial charge in [-0.15, -0.1) is 0 Å². The van der Waals surface area contributed by atoms with E-state index >= 15 is 0 Å². The SMILES string of the molecule is CC(=O)N1CCN(c2c(Cl)cccc2NC(=O)c2cc([N+](=O)[O-])ccc2N2CCOCC2)CC1. The summed E-state index contributed by atoms with van der Waals surface area (Å²) in [5, 5.41) is 14.8. The molecular weight excluding hydrogens is 462 g/mol. The van der Waals surface area contributed by atoms with Crippen molar-refractivity contribution in [2.24, 2.45) is 0 Å². The van der Waals surface area contributed by atoms with Gasteiger partial charge in [0.1, 0.15) is 0 Å². The van der Waals surface area contributed by atoms with Gasteiger partial charge in [-0.25, -0.2) is 0 Å². The number of nitro benzene ring substituents is 1. The summed E-state index contributed by atoms with van der Waals surface area (Å²) >= 11 is 6.53. The molecule has 0 radical (unpaired) electrons. The van der Waals surface area contributed by atoms with Crippen molar-refractivity contribution in [3.63, 3.8) is 0 Å². The Bertz CT molecular complexity index is 1100. The van der Waals surface area contributed by atoms with Crippen LogP contribution in [0.15, 0.2) is 36.4 Å². The molecular formula is C23H26ClN5O5. The monoisotopic (exact) mass is 487 g/mol. The van der Waals surface area contributed by atoms with E-state index in [4.69, 9.17) is 16.3 Å². The molecule has 2 amide bonds. The molecule has 4 rings (SSSR count). The van der Waals surface area contributed by atoms with Crippen LogP contribution in [0.2, 0.25) is 5.02 Å². The van der Waals surface area contributed by atoms with Crippen LogP contribution in [-0.4, -0.2) is 74.1 Å². The molecule has 2 aromatic carbocycles. The number of nitrogens with one attached hydrogen (secondary N) is 1. The molecule has 0 atom stereocenters. The maximum Gasteiger partial charge on any atom is 0.270 e. The third kappa shape index (κ3) is 5.07. The van der Waals surface area contributed by atoms with Gasteiger partial charge in [0.15, 0.2) is 0 Å². The average molecular weight is 488 g/mol. The second-order valence-electron chi connectivity index (χ2n) is 8.14. The second kappa shape index (κ2) is 10.3. The van der Waals surface area contributed by atoms with Crippen molar-refractivity contribution in [2.45, 2.75) is 6.92 Å². The summed E-state index contributed by atoms with van der Waals surface area (Å²) in [4.78, 5) is 41.8. The van der Waals surface area contributed by atoms with E-state index in [1.807, 2.05) is 9.80 Å². The topological polar surface area (TPSA) is 108 Å². The third-order valence-corrected chi connectivity index (χ3v) is 6.37. The lowest BCUT2D eigenvalue weighted by Crippen LogP contribution is -2.48. The van der Waals surface area contributed by atoms with Gasteiger partial charge in [-0.3, -0.25) is 19.7 Å². The highest BCUT2D eigenvalue weighted by Crippen LogP contribution is 2.36. The smallest absolute Gasteiger partial charge is 0.270 e. The molecule has 2 aliphatic heterocycles. The number of halogens is 1. The summed E-state index contributed by atoms with van der Waals surface area (Å²) in [7, 11) is 0. The van der Waals surface area contributed by atoms with Gasteiger partial charge in [0.05, 0.1) is 45.8 Å². The lowest BCUT2D eigenvalue weighted by Gasteiger charge is -2.37. The number of rotatable bonds is 5. The van der Waals surface area contributed by atoms with E-state index in [2.05, 4.69) is 5.32 Å². The molecule has 10 nitrogen and oxygen atoms in total. The predicted octanol–water partition coefficient (Wildman–Crippen LogP) is 3.01. The Morgan fingerprint density at radius 2 is 1.74 bits per heavy atom. The Balaban J connectivity index is 1.63. The molecule has 180 valence electrons. The molecule has 0 saturated carbocycles. The van der Waals surface area contributed by atoms with Crippen molar-refractivity contribution in [3.05, 3.63) is 57.1 Å². The van der Waals surface area contributed by atoms with Crippen LogP contribution in [0.5, 0.6) is 0 Å². The lowest BCUT2D eigenvalue weighted by atomic mass is 10.1. The molecule has 2 aliphatic rings. The number of para-hydroxylation sites is 1. The number of hydrogen-bond acceptors (Lipinski definition) is 7. The number of nitrogens with zero attached hydrogens (tertiary/aromatic N) is 4. The quantitative estimate of drug-likeness (QED) is 0.510. The number of nitro groups is 1. The minimum atomic E-state index is -0.515. The van der Waals surface area contributed by atoms with Gasteiger partial charge in [0.25, 0.3) is 11.6 Å². The molecule has 2 heterocycles. The Labute approximate surface area is 202 Å². The highest BCUT2D eigenvalue weighted by molar-refractivity contribution is 6.34. The number of hydrogen-bond donors (Lipinski definition) is 1. The Kier molecular flexibility index (Phi) is 7.18. The van der Waals surface area contributed by atoms with Crippen LogP contribution in [0.4, 0.5) is 22.7 Å². The van der Waals surface area contributed by atoms with E-state index < -0.39 is 10.8 Å². The van der Waals surface area contributed by atoms with Gasteiger partial charge >= 0.3 is 0 Å². The molecule has 0 aliphatic carbocycles. The molecule has 0 spiro atoms. The largest absolute Gasteiger partial charge is 0.378 e. The van der Waals surface area contributed by atoms with Crippen LogP contribution in [-0.2, 0) is 9.53 Å². The Morgan fingerprint density at radius 1 is 1.03 bits per heavy atom. The number of piperazine rings is 1. The number of non-ortho nitro benzene ring substituents is 1. The lowest BCUT2D eigenvalue weighted by molar-refractivity contribution is -0.384. The standard InChI is InChI=1S/C23H26ClN5O5/c1-16(30)26-7-9-28(10-8-26)22-19(24)3-2-4-20(22)25-23(31)18-15-17(29(32)33)5-6-21(18)27-11-13-34-14-12-27/h2-6,15H,7-14H2,1H3,(H,25,31). The first kappa shape index (κ1) is 23.8. The minimum absolute atomic E-state index is 0.0219. The number of benzene rings is 2. The maximum atomic E-state index is 13.4. The van der Waals surface area contributed by atoms with Crippen molar-refractivity contribution in [1.82, 2.24) is 4.90 Å². The van der Waals surface area contributed by atoms with E-state index in [0.29, 0.717) is 74.6 Å². The fraction of sp³-hybridized carbons (Fsp3) is 0.391. The molecule has 34 heavy (non-hydrogen) atoms. The van der Waals surface area contributed by atoms with Gasteiger partial charge in [-0.2, -0.15) is 0 Å². The Hall–Kier alpha value is -3.37. The summed E-state index contributed by atoms with van der Waals surface area (Å²) in [6.07, 6.45) is 0. The normalized spacial score (nSPS) is 16.4. The van der Waals surface area contributed by atoms with Gasteiger partial charge in [0.2, 0.25) is 5.91 Å². The van der Waals surface area contributed by atoms with Crippen LogP contribution in [0.25, 0.3) is 0 Å². The molecule has 0 unspecified atom stereocenters. The summed E-state index contributed by atoms with van der Waals surface area (Å²) in [6, 6.07) is 9.55. The van der Waals surface area contributed by atoms with Crippen molar-refractivity contribution >= 4 is 46.2 Å². The van der Waals surface area contributed by atoms with Crippen molar-refractivity contribution in [3.8, 4) is 0 Å². The van der Waals surface area contributed by atoms with Crippen LogP contribution < -0.4 is 15.1 Å². The summed E-state index contributed by atoms with van der Waals surface area (Å²) in [5.41, 5.74) is 1.84. The zero-order valence-corrected chi connectivity index (χ0v) is 19.6. The van der Waals surface area contributed by atoms with E-state index in [9.17, 15) is 19.7 Å². The third-order valence-electron chi connectivity index (χ3n) is 6.06. The van der Waals surface area contributed by atoms with E-state index in [-0.39, 0.29) is 17.2 Å². The van der Waals surface area contributed by atoms with Crippen molar-refractivity contribution in [1.29, 1.82) is 0 Å². The average Bonchev–Trinajstić information content (AvgIpc) is 2.84. The van der Waals surface area contributed by atoms with E-state index in [1.54, 1.807) is 36.1 Å². The van der Waals surface area contributed by atoms with Crippen LogP contribution in [0, 0.1) is 10.1 Å². The molecule has 2 saturated heterocycles.